The van der Waals surface area contributed by atoms with Gasteiger partial charge in [0.25, 0.3) is 0 Å². The van der Waals surface area contributed by atoms with Gasteiger partial charge in [-0.25, -0.2) is 9.13 Å². The number of aryl methyl sites for hydroxylation is 2. The van der Waals surface area contributed by atoms with Crippen LogP contribution in [0.15, 0.2) is 17.6 Å². The first-order valence-electron chi connectivity index (χ1n) is 4.36. The first kappa shape index (κ1) is 9.65. The predicted molar refractivity (Wildman–Crippen MR) is 52.3 cm³/mol. The third-order valence-corrected chi connectivity index (χ3v) is 2.90. The minimum Gasteiger partial charge on any atom is -0.227 e. The van der Waals surface area contributed by atoms with Crippen molar-refractivity contribution in [2.24, 2.45) is 7.05 Å². The number of imidazole rings is 1. The molecule has 1 aromatic heterocycles. The van der Waals surface area contributed by atoms with Gasteiger partial charge in [0.05, 0.1) is 13.6 Å². The Morgan fingerprint density at radius 2 is 2.25 bits per heavy atom. The first-order valence-corrected chi connectivity index (χ1v) is 5.24. The summed E-state index contributed by atoms with van der Waals surface area (Å²) in [4.78, 5) is 0. The predicted octanol–water partition coefficient (Wildman–Crippen LogP) is 1.83. The standard InChI is InChI=1S/C9H17N2S/c1-5-11-7-6-10(4)9(11)12-8(2)3/h6-8H,5H2,1-4H3/q+1. The Labute approximate surface area is 78.6 Å². The van der Waals surface area contributed by atoms with Crippen molar-refractivity contribution >= 4 is 11.8 Å². The maximum absolute atomic E-state index is 2.27. The van der Waals surface area contributed by atoms with E-state index in [0.717, 1.165) is 6.54 Å². The molecule has 0 aliphatic heterocycles. The topological polar surface area (TPSA) is 8.81 Å². The average Bonchev–Trinajstić information content (AvgIpc) is 2.32. The van der Waals surface area contributed by atoms with Gasteiger partial charge in [0.2, 0.25) is 0 Å². The van der Waals surface area contributed by atoms with Crippen molar-refractivity contribution in [3.05, 3.63) is 12.4 Å². The van der Waals surface area contributed by atoms with Gasteiger partial charge in [0.1, 0.15) is 12.4 Å². The second-order valence-corrected chi connectivity index (χ2v) is 4.69. The molecule has 3 heteroatoms. The molecule has 1 aromatic rings. The Hall–Kier alpha value is -0.440. The third-order valence-electron chi connectivity index (χ3n) is 1.70. The monoisotopic (exact) mass is 185 g/mol. The summed E-state index contributed by atoms with van der Waals surface area (Å²) in [6, 6.07) is 0. The van der Waals surface area contributed by atoms with E-state index in [2.05, 4.69) is 49.3 Å². The van der Waals surface area contributed by atoms with E-state index in [9.17, 15) is 0 Å². The smallest absolute Gasteiger partial charge is 0.227 e. The summed E-state index contributed by atoms with van der Waals surface area (Å²) in [5.41, 5.74) is 0. The van der Waals surface area contributed by atoms with E-state index in [1.54, 1.807) is 0 Å². The molecule has 0 amide bonds. The lowest BCUT2D eigenvalue weighted by Gasteiger charge is -2.02. The van der Waals surface area contributed by atoms with Crippen LogP contribution < -0.4 is 4.57 Å². The van der Waals surface area contributed by atoms with Gasteiger partial charge in [0, 0.05) is 5.25 Å². The summed E-state index contributed by atoms with van der Waals surface area (Å²) in [5.74, 6) is 0. The second-order valence-electron chi connectivity index (χ2n) is 3.14. The van der Waals surface area contributed by atoms with Crippen molar-refractivity contribution in [3.8, 4) is 0 Å². The molecule has 0 spiro atoms. The van der Waals surface area contributed by atoms with Crippen LogP contribution in [0.3, 0.4) is 0 Å². The fraction of sp³-hybridized carbons (Fsp3) is 0.667. The Balaban J connectivity index is 2.86. The molecule has 0 radical (unpaired) electrons. The van der Waals surface area contributed by atoms with Crippen molar-refractivity contribution in [1.29, 1.82) is 0 Å². The Morgan fingerprint density at radius 1 is 1.58 bits per heavy atom. The zero-order chi connectivity index (χ0) is 9.14. The van der Waals surface area contributed by atoms with Gasteiger partial charge in [-0.1, -0.05) is 13.8 Å². The normalized spacial score (nSPS) is 11.1. The van der Waals surface area contributed by atoms with Crippen molar-refractivity contribution < 1.29 is 4.57 Å². The zero-order valence-electron chi connectivity index (χ0n) is 8.24. The summed E-state index contributed by atoms with van der Waals surface area (Å²) in [6.45, 7) is 7.66. The number of hydrogen-bond donors (Lipinski definition) is 0. The molecule has 68 valence electrons. The van der Waals surface area contributed by atoms with E-state index in [1.807, 2.05) is 11.8 Å². The largest absolute Gasteiger partial charge is 0.318 e. The summed E-state index contributed by atoms with van der Waals surface area (Å²) in [7, 11) is 2.09. The Bertz CT molecular complexity index is 253. The molecule has 2 nitrogen and oxygen atoms in total. The van der Waals surface area contributed by atoms with Gasteiger partial charge in [-0.05, 0) is 18.7 Å². The molecule has 0 aliphatic rings. The molecule has 0 unspecified atom stereocenters. The van der Waals surface area contributed by atoms with E-state index in [1.165, 1.54) is 5.16 Å². The molecule has 0 atom stereocenters. The van der Waals surface area contributed by atoms with Crippen LogP contribution in [0, 0.1) is 0 Å². The fourth-order valence-corrected chi connectivity index (χ4v) is 2.09. The van der Waals surface area contributed by atoms with E-state index < -0.39 is 0 Å². The first-order chi connectivity index (χ1) is 5.65. The van der Waals surface area contributed by atoms with Crippen LogP contribution in [0.1, 0.15) is 20.8 Å². The number of aromatic nitrogens is 2. The van der Waals surface area contributed by atoms with Crippen LogP contribution in [0.25, 0.3) is 0 Å². The van der Waals surface area contributed by atoms with Gasteiger partial charge in [-0.15, -0.1) is 0 Å². The molecule has 1 rings (SSSR count). The molecule has 1 heterocycles. The van der Waals surface area contributed by atoms with Crippen LogP contribution in [0.4, 0.5) is 0 Å². The van der Waals surface area contributed by atoms with Crippen LogP contribution >= 0.6 is 11.8 Å². The zero-order valence-corrected chi connectivity index (χ0v) is 9.06. The molecule has 0 fully saturated rings. The van der Waals surface area contributed by atoms with Crippen LogP contribution in [0.2, 0.25) is 0 Å². The molecule has 0 aliphatic carbocycles. The number of rotatable bonds is 3. The van der Waals surface area contributed by atoms with Crippen molar-refractivity contribution in [2.75, 3.05) is 0 Å². The third kappa shape index (κ3) is 2.03. The van der Waals surface area contributed by atoms with E-state index >= 15 is 0 Å². The second kappa shape index (κ2) is 3.99. The highest BCUT2D eigenvalue weighted by molar-refractivity contribution is 7.99. The molecule has 0 N–H and O–H groups in total. The van der Waals surface area contributed by atoms with Crippen LogP contribution in [-0.2, 0) is 13.6 Å². The van der Waals surface area contributed by atoms with E-state index in [0.29, 0.717) is 5.25 Å². The highest BCUT2D eigenvalue weighted by Crippen LogP contribution is 2.18. The lowest BCUT2D eigenvalue weighted by molar-refractivity contribution is -0.709. The SMILES string of the molecule is CCn1cc[n+](C)c1SC(C)C. The lowest BCUT2D eigenvalue weighted by Crippen LogP contribution is -2.29. The van der Waals surface area contributed by atoms with Crippen molar-refractivity contribution in [2.45, 2.75) is 37.7 Å². The Morgan fingerprint density at radius 3 is 2.75 bits per heavy atom. The maximum atomic E-state index is 2.27. The molecule has 0 aromatic carbocycles. The quantitative estimate of drug-likeness (QED) is 0.515. The van der Waals surface area contributed by atoms with Gasteiger partial charge in [0.15, 0.2) is 0 Å². The number of nitrogens with zero attached hydrogens (tertiary/aromatic N) is 2. The summed E-state index contributed by atoms with van der Waals surface area (Å²) >= 11 is 1.91. The van der Waals surface area contributed by atoms with Gasteiger partial charge in [-0.3, -0.25) is 0 Å². The van der Waals surface area contributed by atoms with Crippen LogP contribution in [0.5, 0.6) is 0 Å². The summed E-state index contributed by atoms with van der Waals surface area (Å²) in [5, 5.41) is 1.99. The maximum Gasteiger partial charge on any atom is 0.318 e. The summed E-state index contributed by atoms with van der Waals surface area (Å²) < 4.78 is 4.44. The highest BCUT2D eigenvalue weighted by atomic mass is 32.2. The highest BCUT2D eigenvalue weighted by Gasteiger charge is 2.14. The molecular formula is C9H17N2S+. The Kier molecular flexibility index (Phi) is 3.20. The number of hydrogen-bond acceptors (Lipinski definition) is 1. The minimum absolute atomic E-state index is 0.649. The van der Waals surface area contributed by atoms with Gasteiger partial charge < -0.3 is 0 Å². The molecular weight excluding hydrogens is 168 g/mol. The van der Waals surface area contributed by atoms with Crippen molar-refractivity contribution in [3.63, 3.8) is 0 Å². The van der Waals surface area contributed by atoms with E-state index in [-0.39, 0.29) is 0 Å². The van der Waals surface area contributed by atoms with Crippen molar-refractivity contribution in [1.82, 2.24) is 4.57 Å². The fourth-order valence-electron chi connectivity index (χ4n) is 1.11. The van der Waals surface area contributed by atoms with E-state index in [4.69, 9.17) is 0 Å². The van der Waals surface area contributed by atoms with Crippen LogP contribution in [-0.4, -0.2) is 9.82 Å². The molecule has 0 bridgehead atoms. The molecule has 12 heavy (non-hydrogen) atoms. The summed E-state index contributed by atoms with van der Waals surface area (Å²) in [6.07, 6.45) is 4.24. The van der Waals surface area contributed by atoms with Gasteiger partial charge in [-0.2, -0.15) is 0 Å². The minimum atomic E-state index is 0.649. The average molecular weight is 185 g/mol. The molecule has 0 saturated heterocycles. The molecule has 0 saturated carbocycles. The van der Waals surface area contributed by atoms with Gasteiger partial charge >= 0.3 is 5.16 Å². The lowest BCUT2D eigenvalue weighted by atomic mass is 10.6. The number of thioether (sulfide) groups is 1.